The molecule has 5 rings (SSSR count). The number of phenolic OH excluding ortho intramolecular Hbond substituents is 1. The number of carbonyl (C=O) groups is 2. The lowest BCUT2D eigenvalue weighted by atomic mass is 10.0. The minimum Gasteiger partial charge on any atom is -0.507 e. The minimum absolute atomic E-state index is 0.0732. The zero-order valence-corrected chi connectivity index (χ0v) is 21.9. The van der Waals surface area contributed by atoms with Gasteiger partial charge in [0.1, 0.15) is 11.6 Å². The molecule has 1 saturated heterocycles. The Bertz CT molecular complexity index is 1520. The van der Waals surface area contributed by atoms with E-state index in [0.29, 0.717) is 53.4 Å². The van der Waals surface area contributed by atoms with Crippen LogP contribution in [0.3, 0.4) is 0 Å². The van der Waals surface area contributed by atoms with Crippen molar-refractivity contribution in [3.8, 4) is 34.1 Å². The third-order valence-electron chi connectivity index (χ3n) is 6.84. The highest BCUT2D eigenvalue weighted by Gasteiger charge is 2.36. The van der Waals surface area contributed by atoms with Crippen LogP contribution in [0.5, 0.6) is 11.6 Å². The van der Waals surface area contributed by atoms with Gasteiger partial charge in [-0.1, -0.05) is 6.07 Å². The Kier molecular flexibility index (Phi) is 6.52. The van der Waals surface area contributed by atoms with Gasteiger partial charge in [-0.3, -0.25) is 9.59 Å². The van der Waals surface area contributed by atoms with Gasteiger partial charge in [0.25, 0.3) is 5.91 Å². The maximum atomic E-state index is 12.9. The van der Waals surface area contributed by atoms with Gasteiger partial charge in [-0.15, -0.1) is 0 Å². The number of benzene rings is 2. The number of pyridine rings is 1. The summed E-state index contributed by atoms with van der Waals surface area (Å²) < 4.78 is 5.38. The van der Waals surface area contributed by atoms with Crippen molar-refractivity contribution >= 4 is 22.8 Å². The van der Waals surface area contributed by atoms with Crippen LogP contribution in [-0.2, 0) is 4.79 Å². The van der Waals surface area contributed by atoms with Gasteiger partial charge in [-0.05, 0) is 68.8 Å². The smallest absolute Gasteiger partial charge is 0.251 e. The lowest BCUT2D eigenvalue weighted by Gasteiger charge is -2.32. The molecule has 1 fully saturated rings. The number of amides is 2. The van der Waals surface area contributed by atoms with E-state index in [2.05, 4.69) is 20.3 Å². The number of fused-ring (bicyclic) bond motifs is 1. The van der Waals surface area contributed by atoms with Crippen molar-refractivity contribution in [2.24, 2.45) is 5.92 Å². The number of methoxy groups -OCH3 is 1. The van der Waals surface area contributed by atoms with Crippen molar-refractivity contribution in [3.63, 3.8) is 0 Å². The molecule has 38 heavy (non-hydrogen) atoms. The molecule has 1 unspecified atom stereocenters. The number of imidazole rings is 1. The lowest BCUT2D eigenvalue weighted by molar-refractivity contribution is -0.131. The second-order valence-corrected chi connectivity index (χ2v) is 10.6. The summed E-state index contributed by atoms with van der Waals surface area (Å²) in [4.78, 5) is 39.2. The zero-order chi connectivity index (χ0) is 27.0. The van der Waals surface area contributed by atoms with Crippen molar-refractivity contribution < 1.29 is 19.4 Å². The van der Waals surface area contributed by atoms with Gasteiger partial charge >= 0.3 is 0 Å². The Balaban J connectivity index is 1.35. The topological polar surface area (TPSA) is 120 Å². The van der Waals surface area contributed by atoms with Crippen LogP contribution in [0.4, 0.5) is 0 Å². The standard InChI is InChI=1S/C29H31N5O4/c1-29(2,3)34-16-17(12-25(34)36)15-31-27(37)19-7-9-22-23(14-19)33-26(32-22)21-13-18(8-10-24(21)35)20-6-5-11-30-28(20)38-4/h5-11,13-14,17,35H,12,15-16H2,1-4H3,(H,31,37)(H,32,33). The molecule has 0 bridgehead atoms. The SMILES string of the molecule is COc1ncccc1-c1ccc(O)c(-c2nc3ccc(C(=O)NCC4CC(=O)N(C(C)(C)C)C4)cc3[nH]2)c1. The predicted molar refractivity (Wildman–Crippen MR) is 145 cm³/mol. The number of aromatic hydroxyl groups is 1. The average molecular weight is 514 g/mol. The Hall–Kier alpha value is -4.40. The van der Waals surface area contributed by atoms with Crippen molar-refractivity contribution in [2.75, 3.05) is 20.2 Å². The molecule has 196 valence electrons. The normalized spacial score (nSPS) is 15.7. The maximum absolute atomic E-state index is 12.9. The van der Waals surface area contributed by atoms with E-state index in [1.54, 1.807) is 43.6 Å². The summed E-state index contributed by atoms with van der Waals surface area (Å²) in [6.07, 6.45) is 2.10. The van der Waals surface area contributed by atoms with E-state index in [1.807, 2.05) is 43.9 Å². The van der Waals surface area contributed by atoms with Crippen molar-refractivity contribution in [2.45, 2.75) is 32.7 Å². The number of aromatic nitrogens is 3. The molecule has 2 aromatic carbocycles. The molecule has 9 nitrogen and oxygen atoms in total. The van der Waals surface area contributed by atoms with Crippen LogP contribution >= 0.6 is 0 Å². The van der Waals surface area contributed by atoms with Gasteiger partial charge in [0.2, 0.25) is 11.8 Å². The largest absolute Gasteiger partial charge is 0.507 e. The van der Waals surface area contributed by atoms with Crippen LogP contribution in [0, 0.1) is 5.92 Å². The lowest BCUT2D eigenvalue weighted by Crippen LogP contribution is -2.42. The fraction of sp³-hybridized carbons (Fsp3) is 0.310. The summed E-state index contributed by atoms with van der Waals surface area (Å²) >= 11 is 0. The molecule has 3 N–H and O–H groups in total. The fourth-order valence-electron chi connectivity index (χ4n) is 4.85. The molecule has 1 aliphatic heterocycles. The summed E-state index contributed by atoms with van der Waals surface area (Å²) in [5.41, 5.74) is 3.73. The molecule has 1 atom stereocenters. The number of carbonyl (C=O) groups excluding carboxylic acids is 2. The van der Waals surface area contributed by atoms with E-state index in [0.717, 1.165) is 11.1 Å². The first-order valence-electron chi connectivity index (χ1n) is 12.5. The number of rotatable bonds is 6. The first-order valence-corrected chi connectivity index (χ1v) is 12.5. The number of likely N-dealkylation sites (tertiary alicyclic amines) is 1. The number of aromatic amines is 1. The summed E-state index contributed by atoms with van der Waals surface area (Å²) in [6.45, 7) is 7.13. The summed E-state index contributed by atoms with van der Waals surface area (Å²) in [7, 11) is 1.56. The molecule has 2 amide bonds. The van der Waals surface area contributed by atoms with Crippen LogP contribution in [0.25, 0.3) is 33.5 Å². The molecule has 3 heterocycles. The zero-order valence-electron chi connectivity index (χ0n) is 21.9. The molecule has 2 aromatic heterocycles. The van der Waals surface area contributed by atoms with Crippen molar-refractivity contribution in [3.05, 3.63) is 60.3 Å². The third-order valence-corrected chi connectivity index (χ3v) is 6.84. The fourth-order valence-corrected chi connectivity index (χ4v) is 4.85. The Labute approximate surface area is 220 Å². The Morgan fingerprint density at radius 2 is 2.00 bits per heavy atom. The highest BCUT2D eigenvalue weighted by Crippen LogP contribution is 2.35. The predicted octanol–water partition coefficient (Wildman–Crippen LogP) is 4.38. The first kappa shape index (κ1) is 25.3. The van der Waals surface area contributed by atoms with Crippen molar-refractivity contribution in [1.82, 2.24) is 25.2 Å². The molecule has 0 aliphatic carbocycles. The van der Waals surface area contributed by atoms with Crippen LogP contribution in [0.2, 0.25) is 0 Å². The van der Waals surface area contributed by atoms with Gasteiger partial charge in [0.05, 0.1) is 23.7 Å². The van der Waals surface area contributed by atoms with Gasteiger partial charge in [-0.2, -0.15) is 0 Å². The van der Waals surface area contributed by atoms with Crippen molar-refractivity contribution in [1.29, 1.82) is 0 Å². The van der Waals surface area contributed by atoms with Crippen LogP contribution in [-0.4, -0.2) is 62.5 Å². The van der Waals surface area contributed by atoms with E-state index in [-0.39, 0.29) is 29.0 Å². The molecule has 4 aromatic rings. The molecular weight excluding hydrogens is 482 g/mol. The molecule has 0 saturated carbocycles. The van der Waals surface area contributed by atoms with E-state index >= 15 is 0 Å². The number of nitrogens with zero attached hydrogens (tertiary/aromatic N) is 3. The highest BCUT2D eigenvalue weighted by molar-refractivity contribution is 5.98. The number of phenols is 1. The number of H-pyrrole nitrogens is 1. The van der Waals surface area contributed by atoms with E-state index in [4.69, 9.17) is 4.74 Å². The monoisotopic (exact) mass is 513 g/mol. The van der Waals surface area contributed by atoms with Gasteiger partial charge in [0.15, 0.2) is 0 Å². The molecule has 0 spiro atoms. The van der Waals surface area contributed by atoms with Gasteiger partial charge < -0.3 is 25.0 Å². The van der Waals surface area contributed by atoms with E-state index < -0.39 is 0 Å². The number of hydrogen-bond donors (Lipinski definition) is 3. The molecule has 0 radical (unpaired) electrons. The second kappa shape index (κ2) is 9.81. The molecule has 1 aliphatic rings. The summed E-state index contributed by atoms with van der Waals surface area (Å²) in [5.74, 6) is 1.03. The number of nitrogens with one attached hydrogen (secondary N) is 2. The first-order chi connectivity index (χ1) is 18.1. The highest BCUT2D eigenvalue weighted by atomic mass is 16.5. The Morgan fingerprint density at radius 1 is 1.18 bits per heavy atom. The molecular formula is C29H31N5O4. The van der Waals surface area contributed by atoms with Gasteiger partial charge in [-0.25, -0.2) is 9.97 Å². The number of ether oxygens (including phenoxy) is 1. The molecule has 9 heteroatoms. The maximum Gasteiger partial charge on any atom is 0.251 e. The van der Waals surface area contributed by atoms with Crippen LogP contribution < -0.4 is 10.1 Å². The summed E-state index contributed by atoms with van der Waals surface area (Å²) in [6, 6.07) is 14.2. The van der Waals surface area contributed by atoms with Crippen LogP contribution in [0.15, 0.2) is 54.7 Å². The van der Waals surface area contributed by atoms with E-state index in [9.17, 15) is 14.7 Å². The Morgan fingerprint density at radius 3 is 2.74 bits per heavy atom. The quantitative estimate of drug-likeness (QED) is 0.352. The van der Waals surface area contributed by atoms with Gasteiger partial charge in [0, 0.05) is 48.3 Å². The minimum atomic E-state index is -0.225. The van der Waals surface area contributed by atoms with Crippen LogP contribution in [0.1, 0.15) is 37.6 Å². The summed E-state index contributed by atoms with van der Waals surface area (Å²) in [5, 5.41) is 13.6. The average Bonchev–Trinajstić information content (AvgIpc) is 3.50. The second-order valence-electron chi connectivity index (χ2n) is 10.6. The van der Waals surface area contributed by atoms with E-state index in [1.165, 1.54) is 0 Å². The number of hydrogen-bond acceptors (Lipinski definition) is 6. The third kappa shape index (κ3) is 4.91.